The van der Waals surface area contributed by atoms with Gasteiger partial charge in [-0.1, -0.05) is 90.5 Å². The summed E-state index contributed by atoms with van der Waals surface area (Å²) in [6.07, 6.45) is 2.00. The van der Waals surface area contributed by atoms with Crippen molar-refractivity contribution in [2.45, 2.75) is 32.5 Å². The zero-order valence-corrected chi connectivity index (χ0v) is 18.7. The molecule has 1 N–H and O–H groups in total. The van der Waals surface area contributed by atoms with E-state index in [4.69, 9.17) is 9.47 Å². The minimum absolute atomic E-state index is 0.00535. The largest absolute Gasteiger partial charge is 0.482 e. The summed E-state index contributed by atoms with van der Waals surface area (Å²) < 4.78 is 12.3. The van der Waals surface area contributed by atoms with Crippen molar-refractivity contribution in [3.8, 4) is 11.6 Å². The summed E-state index contributed by atoms with van der Waals surface area (Å²) in [6.45, 7) is 2.80. The summed E-state index contributed by atoms with van der Waals surface area (Å²) in [5.74, 6) is 0.810. The normalized spacial score (nSPS) is 11.7. The number of rotatable bonds is 10. The molecule has 3 aromatic carbocycles. The van der Waals surface area contributed by atoms with Crippen molar-refractivity contribution in [2.24, 2.45) is 0 Å². The van der Waals surface area contributed by atoms with Gasteiger partial charge in [-0.15, -0.1) is 0 Å². The summed E-state index contributed by atoms with van der Waals surface area (Å²) in [7, 11) is 0. The number of aromatic nitrogens is 2. The van der Waals surface area contributed by atoms with Crippen LogP contribution in [0.3, 0.4) is 0 Å². The van der Waals surface area contributed by atoms with Crippen molar-refractivity contribution in [1.29, 1.82) is 0 Å². The number of aliphatic hydroxyl groups excluding tert-OH is 1. The van der Waals surface area contributed by atoms with Crippen LogP contribution < -0.4 is 9.47 Å². The van der Waals surface area contributed by atoms with Crippen LogP contribution in [0.25, 0.3) is 0 Å². The van der Waals surface area contributed by atoms with Crippen LogP contribution in [0.5, 0.6) is 11.6 Å². The van der Waals surface area contributed by atoms with Gasteiger partial charge in [-0.2, -0.15) is 4.98 Å². The molecule has 1 aromatic heterocycles. The van der Waals surface area contributed by atoms with Gasteiger partial charge in [0.15, 0.2) is 0 Å². The highest BCUT2D eigenvalue weighted by molar-refractivity contribution is 5.39. The minimum atomic E-state index is -0.110. The van der Waals surface area contributed by atoms with Gasteiger partial charge in [0.1, 0.15) is 19.5 Å². The first-order valence-electron chi connectivity index (χ1n) is 11.1. The van der Waals surface area contributed by atoms with Gasteiger partial charge in [-0.25, -0.2) is 4.98 Å². The van der Waals surface area contributed by atoms with Gasteiger partial charge in [-0.3, -0.25) is 0 Å². The number of aryl methyl sites for hydroxylation is 1. The third kappa shape index (κ3) is 6.18. The van der Waals surface area contributed by atoms with Gasteiger partial charge in [0.05, 0.1) is 12.3 Å². The molecule has 1 heterocycles. The molecular weight excluding hydrogens is 412 g/mol. The van der Waals surface area contributed by atoms with E-state index in [1.807, 2.05) is 67.6 Å². The average Bonchev–Trinajstić information content (AvgIpc) is 2.87. The Balaban J connectivity index is 1.60. The van der Waals surface area contributed by atoms with Crippen LogP contribution >= 0.6 is 0 Å². The molecule has 0 aliphatic heterocycles. The summed E-state index contributed by atoms with van der Waals surface area (Å²) in [5, 5.41) is 10.1. The SMILES string of the molecule is Cc1ccc(C(CO)Cc2ncnc(OCc3ccccc3)c2OCc2ccccc2)cc1. The van der Waals surface area contributed by atoms with Gasteiger partial charge < -0.3 is 14.6 Å². The first-order chi connectivity index (χ1) is 16.2. The van der Waals surface area contributed by atoms with Crippen molar-refractivity contribution in [3.05, 3.63) is 119 Å². The number of hydrogen-bond acceptors (Lipinski definition) is 5. The van der Waals surface area contributed by atoms with E-state index in [2.05, 4.69) is 34.2 Å². The first-order valence-corrected chi connectivity index (χ1v) is 11.1. The Morgan fingerprint density at radius 1 is 0.758 bits per heavy atom. The smallest absolute Gasteiger partial charge is 0.260 e. The van der Waals surface area contributed by atoms with Crippen LogP contribution in [0.4, 0.5) is 0 Å². The zero-order valence-electron chi connectivity index (χ0n) is 18.7. The topological polar surface area (TPSA) is 64.5 Å². The second-order valence-electron chi connectivity index (χ2n) is 8.00. The van der Waals surface area contributed by atoms with Gasteiger partial charge in [0.2, 0.25) is 5.75 Å². The molecule has 0 amide bonds. The predicted molar refractivity (Wildman–Crippen MR) is 128 cm³/mol. The Bertz CT molecular complexity index is 1130. The van der Waals surface area contributed by atoms with Gasteiger partial charge in [0.25, 0.3) is 5.88 Å². The lowest BCUT2D eigenvalue weighted by molar-refractivity contribution is 0.238. The molecule has 4 aromatic rings. The fraction of sp³-hybridized carbons (Fsp3) is 0.214. The molecule has 0 saturated carbocycles. The average molecular weight is 441 g/mol. The first kappa shape index (κ1) is 22.5. The maximum Gasteiger partial charge on any atom is 0.260 e. The molecule has 0 aliphatic carbocycles. The molecule has 5 heteroatoms. The van der Waals surface area contributed by atoms with Crippen molar-refractivity contribution in [1.82, 2.24) is 9.97 Å². The number of ether oxygens (including phenoxy) is 2. The Morgan fingerprint density at radius 3 is 1.97 bits per heavy atom. The molecule has 168 valence electrons. The molecule has 0 bridgehead atoms. The lowest BCUT2D eigenvalue weighted by Gasteiger charge is -2.19. The molecule has 1 atom stereocenters. The second kappa shape index (κ2) is 11.2. The highest BCUT2D eigenvalue weighted by Crippen LogP contribution is 2.32. The predicted octanol–water partition coefficient (Wildman–Crippen LogP) is 5.26. The van der Waals surface area contributed by atoms with E-state index in [0.29, 0.717) is 37.0 Å². The molecule has 0 spiro atoms. The fourth-order valence-corrected chi connectivity index (χ4v) is 3.60. The van der Waals surface area contributed by atoms with Crippen LogP contribution in [-0.4, -0.2) is 21.7 Å². The lowest BCUT2D eigenvalue weighted by atomic mass is 9.94. The molecule has 0 saturated heterocycles. The Labute approximate surface area is 194 Å². The summed E-state index contributed by atoms with van der Waals surface area (Å²) >= 11 is 0. The molecule has 0 aliphatic rings. The van der Waals surface area contributed by atoms with Crippen molar-refractivity contribution < 1.29 is 14.6 Å². The lowest BCUT2D eigenvalue weighted by Crippen LogP contribution is -2.12. The molecule has 33 heavy (non-hydrogen) atoms. The zero-order chi connectivity index (χ0) is 22.9. The summed E-state index contributed by atoms with van der Waals surface area (Å²) in [5.41, 5.74) is 5.03. The molecule has 1 unspecified atom stereocenters. The maximum absolute atomic E-state index is 10.1. The van der Waals surface area contributed by atoms with Crippen LogP contribution in [-0.2, 0) is 19.6 Å². The monoisotopic (exact) mass is 440 g/mol. The number of hydrogen-bond donors (Lipinski definition) is 1. The second-order valence-corrected chi connectivity index (χ2v) is 8.00. The van der Waals surface area contributed by atoms with Crippen LogP contribution in [0.2, 0.25) is 0 Å². The Hall–Kier alpha value is -3.70. The van der Waals surface area contributed by atoms with E-state index in [-0.39, 0.29) is 12.5 Å². The quantitative estimate of drug-likeness (QED) is 0.364. The molecular formula is C28H28N2O3. The Morgan fingerprint density at radius 2 is 1.36 bits per heavy atom. The van der Waals surface area contributed by atoms with Gasteiger partial charge in [0, 0.05) is 12.3 Å². The van der Waals surface area contributed by atoms with E-state index in [1.54, 1.807) is 0 Å². The van der Waals surface area contributed by atoms with Crippen molar-refractivity contribution >= 4 is 0 Å². The van der Waals surface area contributed by atoms with E-state index in [1.165, 1.54) is 11.9 Å². The van der Waals surface area contributed by atoms with E-state index >= 15 is 0 Å². The molecule has 0 radical (unpaired) electrons. The highest BCUT2D eigenvalue weighted by atomic mass is 16.5. The third-order valence-corrected chi connectivity index (χ3v) is 5.50. The summed E-state index contributed by atoms with van der Waals surface area (Å²) in [6, 6.07) is 28.1. The van der Waals surface area contributed by atoms with E-state index in [0.717, 1.165) is 16.7 Å². The van der Waals surface area contributed by atoms with Crippen LogP contribution in [0, 0.1) is 6.92 Å². The fourth-order valence-electron chi connectivity index (χ4n) is 3.60. The molecule has 4 rings (SSSR count). The molecule has 0 fully saturated rings. The van der Waals surface area contributed by atoms with E-state index < -0.39 is 0 Å². The van der Waals surface area contributed by atoms with Crippen molar-refractivity contribution in [2.75, 3.05) is 6.61 Å². The minimum Gasteiger partial charge on any atom is -0.482 e. The third-order valence-electron chi connectivity index (χ3n) is 5.50. The Kier molecular flexibility index (Phi) is 7.67. The highest BCUT2D eigenvalue weighted by Gasteiger charge is 2.20. The van der Waals surface area contributed by atoms with E-state index in [9.17, 15) is 5.11 Å². The van der Waals surface area contributed by atoms with Gasteiger partial charge >= 0.3 is 0 Å². The number of benzene rings is 3. The summed E-state index contributed by atoms with van der Waals surface area (Å²) in [4.78, 5) is 8.87. The van der Waals surface area contributed by atoms with Crippen LogP contribution in [0.1, 0.15) is 33.9 Å². The number of nitrogens with zero attached hydrogens (tertiary/aromatic N) is 2. The number of aliphatic hydroxyl groups is 1. The standard InChI is InChI=1S/C28H28N2O3/c1-21-12-14-24(15-13-21)25(17-31)16-26-27(32-18-22-8-4-2-5-9-22)28(30-20-29-26)33-19-23-10-6-3-7-11-23/h2-15,20,25,31H,16-19H2,1H3. The molecule has 5 nitrogen and oxygen atoms in total. The maximum atomic E-state index is 10.1. The van der Waals surface area contributed by atoms with Gasteiger partial charge in [-0.05, 0) is 23.6 Å². The van der Waals surface area contributed by atoms with Crippen molar-refractivity contribution in [3.63, 3.8) is 0 Å². The van der Waals surface area contributed by atoms with Crippen LogP contribution in [0.15, 0.2) is 91.3 Å².